The van der Waals surface area contributed by atoms with E-state index in [2.05, 4.69) is 9.72 Å². The van der Waals surface area contributed by atoms with Crippen molar-refractivity contribution in [3.8, 4) is 0 Å². The molecule has 0 aliphatic carbocycles. The zero-order valence-electron chi connectivity index (χ0n) is 15.6. The Bertz CT molecular complexity index is 1060. The minimum Gasteiger partial charge on any atom is -0.469 e. The normalized spacial score (nSPS) is 11.9. The quantitative estimate of drug-likeness (QED) is 0.264. The molecule has 7 heteroatoms. The number of Topliss-reactive ketones (excluding diaryl/α,β-unsaturated/α-hetero) is 1. The topological polar surface area (TPSA) is 78.3 Å². The summed E-state index contributed by atoms with van der Waals surface area (Å²) in [4.78, 5) is 41.8. The summed E-state index contributed by atoms with van der Waals surface area (Å²) in [6, 6.07) is 16.0. The van der Waals surface area contributed by atoms with Gasteiger partial charge < -0.3 is 4.74 Å². The first-order valence-corrected chi connectivity index (χ1v) is 9.71. The third-order valence-corrected chi connectivity index (χ3v) is 5.39. The second-order valence-electron chi connectivity index (χ2n) is 6.18. The summed E-state index contributed by atoms with van der Waals surface area (Å²) < 4.78 is 6.12. The number of fused-ring (bicyclic) bond motifs is 1. The Hall–Kier alpha value is -2.93. The Morgan fingerprint density at radius 2 is 1.79 bits per heavy atom. The lowest BCUT2D eigenvalue weighted by Gasteiger charge is -2.15. The smallest absolute Gasteiger partial charge is 0.307 e. The summed E-state index contributed by atoms with van der Waals surface area (Å²) in [7, 11) is 1.31. The Labute approximate surface area is 166 Å². The number of carbonyl (C=O) groups excluding carboxylic acids is 2. The number of methoxy groups -OCH3 is 1. The molecule has 6 nitrogen and oxygen atoms in total. The van der Waals surface area contributed by atoms with Gasteiger partial charge in [0.05, 0.1) is 29.7 Å². The predicted octanol–water partition coefficient (Wildman–Crippen LogP) is 3.32. The fourth-order valence-corrected chi connectivity index (χ4v) is 3.80. The lowest BCUT2D eigenvalue weighted by Crippen LogP contribution is -2.26. The number of para-hydroxylation sites is 1. The van der Waals surface area contributed by atoms with Crippen molar-refractivity contribution >= 4 is 34.4 Å². The van der Waals surface area contributed by atoms with Crippen LogP contribution in [0.15, 0.2) is 64.5 Å². The number of ketones is 1. The molecule has 0 saturated heterocycles. The molecule has 0 amide bonds. The second-order valence-corrected chi connectivity index (χ2v) is 7.49. The van der Waals surface area contributed by atoms with Crippen LogP contribution in [0.5, 0.6) is 0 Å². The maximum atomic E-state index is 12.9. The van der Waals surface area contributed by atoms with Crippen molar-refractivity contribution in [1.82, 2.24) is 9.55 Å². The highest BCUT2D eigenvalue weighted by atomic mass is 32.2. The summed E-state index contributed by atoms with van der Waals surface area (Å²) in [6.45, 7) is 1.92. The molecule has 0 aliphatic rings. The van der Waals surface area contributed by atoms with Crippen molar-refractivity contribution in [2.75, 3.05) is 7.11 Å². The largest absolute Gasteiger partial charge is 0.469 e. The van der Waals surface area contributed by atoms with Crippen molar-refractivity contribution in [3.05, 3.63) is 70.5 Å². The Balaban J connectivity index is 1.97. The summed E-state index contributed by atoms with van der Waals surface area (Å²) in [6.07, 6.45) is 0.0466. The number of esters is 1. The van der Waals surface area contributed by atoms with Crippen LogP contribution in [0.3, 0.4) is 0 Å². The number of aromatic nitrogens is 2. The zero-order chi connectivity index (χ0) is 20.1. The molecular formula is C21H20N2O4S. The fourth-order valence-electron chi connectivity index (χ4n) is 2.79. The number of nitrogens with zero attached hydrogens (tertiary/aromatic N) is 2. The van der Waals surface area contributed by atoms with Crippen molar-refractivity contribution < 1.29 is 14.3 Å². The van der Waals surface area contributed by atoms with E-state index in [4.69, 9.17) is 0 Å². The Morgan fingerprint density at radius 1 is 1.11 bits per heavy atom. The molecule has 0 saturated carbocycles. The summed E-state index contributed by atoms with van der Waals surface area (Å²) in [5.74, 6) is -0.461. The van der Waals surface area contributed by atoms with Gasteiger partial charge in [-0.15, -0.1) is 0 Å². The molecule has 0 N–H and O–H groups in total. The number of rotatable bonds is 7. The van der Waals surface area contributed by atoms with Crippen LogP contribution in [0.2, 0.25) is 0 Å². The first-order chi connectivity index (χ1) is 13.5. The number of carbonyl (C=O) groups is 2. The van der Waals surface area contributed by atoms with Crippen LogP contribution in [-0.2, 0) is 16.1 Å². The molecule has 3 aromatic rings. The molecule has 28 heavy (non-hydrogen) atoms. The minimum atomic E-state index is -0.445. The van der Waals surface area contributed by atoms with Gasteiger partial charge in [0, 0.05) is 12.1 Å². The number of thioether (sulfide) groups is 1. The molecule has 1 heterocycles. The van der Waals surface area contributed by atoms with Crippen LogP contribution in [0.25, 0.3) is 10.9 Å². The highest BCUT2D eigenvalue weighted by molar-refractivity contribution is 8.00. The van der Waals surface area contributed by atoms with E-state index in [1.54, 1.807) is 43.3 Å². The van der Waals surface area contributed by atoms with E-state index in [1.165, 1.54) is 23.4 Å². The zero-order valence-corrected chi connectivity index (χ0v) is 16.4. The van der Waals surface area contributed by atoms with Gasteiger partial charge in [0.25, 0.3) is 5.56 Å². The summed E-state index contributed by atoms with van der Waals surface area (Å²) in [5, 5.41) is 0.433. The van der Waals surface area contributed by atoms with E-state index in [0.29, 0.717) is 21.6 Å². The standard InChI is InChI=1S/C21H20N2O4S/c1-14(19(25)15-8-4-3-5-9-15)28-21-22-17-11-7-6-10-16(17)20(26)23(21)13-12-18(24)27-2/h3-11,14H,12-13H2,1-2H3. The van der Waals surface area contributed by atoms with Crippen LogP contribution in [0.1, 0.15) is 23.7 Å². The van der Waals surface area contributed by atoms with Gasteiger partial charge in [-0.1, -0.05) is 54.2 Å². The van der Waals surface area contributed by atoms with Gasteiger partial charge in [-0.3, -0.25) is 19.0 Å². The van der Waals surface area contributed by atoms with E-state index in [9.17, 15) is 14.4 Å². The average molecular weight is 396 g/mol. The third kappa shape index (κ3) is 4.31. The summed E-state index contributed by atoms with van der Waals surface area (Å²) in [5.41, 5.74) is 0.923. The van der Waals surface area contributed by atoms with E-state index in [-0.39, 0.29) is 24.3 Å². The molecule has 2 aromatic carbocycles. The van der Waals surface area contributed by atoms with Crippen LogP contribution < -0.4 is 5.56 Å². The molecule has 0 fully saturated rings. The number of ether oxygens (including phenoxy) is 1. The number of hydrogen-bond donors (Lipinski definition) is 0. The van der Waals surface area contributed by atoms with Crippen LogP contribution in [0.4, 0.5) is 0 Å². The maximum Gasteiger partial charge on any atom is 0.307 e. The Kier molecular flexibility index (Phi) is 6.26. The van der Waals surface area contributed by atoms with Crippen molar-refractivity contribution in [3.63, 3.8) is 0 Å². The monoisotopic (exact) mass is 396 g/mol. The lowest BCUT2D eigenvalue weighted by molar-refractivity contribution is -0.140. The van der Waals surface area contributed by atoms with Crippen molar-refractivity contribution in [2.45, 2.75) is 30.3 Å². The molecule has 0 radical (unpaired) electrons. The highest BCUT2D eigenvalue weighted by Crippen LogP contribution is 2.25. The number of benzene rings is 2. The lowest BCUT2D eigenvalue weighted by atomic mass is 10.1. The minimum absolute atomic E-state index is 0.0466. The van der Waals surface area contributed by atoms with E-state index >= 15 is 0 Å². The van der Waals surface area contributed by atoms with Gasteiger partial charge in [-0.05, 0) is 19.1 Å². The van der Waals surface area contributed by atoms with Crippen LogP contribution in [-0.4, -0.2) is 33.7 Å². The average Bonchev–Trinajstić information content (AvgIpc) is 2.73. The molecule has 1 unspecified atom stereocenters. The predicted molar refractivity (Wildman–Crippen MR) is 109 cm³/mol. The molecule has 0 spiro atoms. The van der Waals surface area contributed by atoms with Gasteiger partial charge in [0.2, 0.25) is 0 Å². The molecule has 1 atom stereocenters. The van der Waals surface area contributed by atoms with Gasteiger partial charge >= 0.3 is 5.97 Å². The molecular weight excluding hydrogens is 376 g/mol. The van der Waals surface area contributed by atoms with E-state index in [0.717, 1.165) is 0 Å². The third-order valence-electron chi connectivity index (χ3n) is 4.30. The SMILES string of the molecule is COC(=O)CCn1c(SC(C)C(=O)c2ccccc2)nc2ccccc2c1=O. The van der Waals surface area contributed by atoms with E-state index < -0.39 is 11.2 Å². The van der Waals surface area contributed by atoms with Gasteiger partial charge in [0.15, 0.2) is 10.9 Å². The van der Waals surface area contributed by atoms with E-state index in [1.807, 2.05) is 18.2 Å². The van der Waals surface area contributed by atoms with Crippen LogP contribution >= 0.6 is 11.8 Å². The van der Waals surface area contributed by atoms with Gasteiger partial charge in [-0.25, -0.2) is 4.98 Å². The molecule has 144 valence electrons. The van der Waals surface area contributed by atoms with Crippen molar-refractivity contribution in [2.24, 2.45) is 0 Å². The molecule has 0 bridgehead atoms. The van der Waals surface area contributed by atoms with Gasteiger partial charge in [0.1, 0.15) is 0 Å². The van der Waals surface area contributed by atoms with Crippen molar-refractivity contribution in [1.29, 1.82) is 0 Å². The first-order valence-electron chi connectivity index (χ1n) is 8.83. The Morgan fingerprint density at radius 3 is 2.50 bits per heavy atom. The van der Waals surface area contributed by atoms with Gasteiger partial charge in [-0.2, -0.15) is 0 Å². The highest BCUT2D eigenvalue weighted by Gasteiger charge is 2.21. The van der Waals surface area contributed by atoms with Crippen LogP contribution in [0, 0.1) is 0 Å². The summed E-state index contributed by atoms with van der Waals surface area (Å²) >= 11 is 1.21. The number of hydrogen-bond acceptors (Lipinski definition) is 6. The maximum absolute atomic E-state index is 12.9. The first kappa shape index (κ1) is 19.8. The second kappa shape index (κ2) is 8.84. The molecule has 0 aliphatic heterocycles. The fraction of sp³-hybridized carbons (Fsp3) is 0.238. The molecule has 1 aromatic heterocycles. The molecule has 3 rings (SSSR count).